The number of hydrazine groups is 1. The Hall–Kier alpha value is -3.37. The molecule has 0 fully saturated rings. The van der Waals surface area contributed by atoms with E-state index in [1.54, 1.807) is 30.3 Å². The second kappa shape index (κ2) is 8.78. The van der Waals surface area contributed by atoms with Crippen LogP contribution < -0.4 is 15.6 Å². The number of halogens is 3. The Bertz CT molecular complexity index is 1180. The Morgan fingerprint density at radius 2 is 1.48 bits per heavy atom. The topological polar surface area (TPSA) is 87.3 Å². The minimum absolute atomic E-state index is 0.0189. The van der Waals surface area contributed by atoms with Crippen LogP contribution in [0.1, 0.15) is 21.5 Å². The van der Waals surface area contributed by atoms with E-state index >= 15 is 0 Å². The van der Waals surface area contributed by atoms with Crippen molar-refractivity contribution in [3.63, 3.8) is 0 Å². The molecule has 0 heterocycles. The van der Waals surface area contributed by atoms with Gasteiger partial charge in [0.1, 0.15) is 0 Å². The van der Waals surface area contributed by atoms with Gasteiger partial charge in [0, 0.05) is 5.69 Å². The van der Waals surface area contributed by atoms with Gasteiger partial charge in [-0.2, -0.15) is 13.2 Å². The summed E-state index contributed by atoms with van der Waals surface area (Å²) in [5, 5.41) is 2.86. The fraction of sp³-hybridized carbons (Fsp3) is 0.0952. The van der Waals surface area contributed by atoms with Gasteiger partial charge in [-0.05, 0) is 55.5 Å². The highest BCUT2D eigenvalue weighted by molar-refractivity contribution is 7.89. The smallest absolute Gasteiger partial charge is 0.355 e. The molecule has 0 saturated carbocycles. The van der Waals surface area contributed by atoms with Crippen molar-refractivity contribution in [3.8, 4) is 0 Å². The van der Waals surface area contributed by atoms with E-state index in [0.717, 1.165) is 17.7 Å². The Morgan fingerprint density at radius 1 is 0.871 bits per heavy atom. The van der Waals surface area contributed by atoms with Crippen LogP contribution in [0.4, 0.5) is 24.5 Å². The number of hydrogen-bond donors (Lipinski definition) is 3. The highest BCUT2D eigenvalue weighted by atomic mass is 32.2. The molecule has 0 radical (unpaired) electrons. The van der Waals surface area contributed by atoms with Crippen LogP contribution in [0.15, 0.2) is 77.7 Å². The monoisotopic (exact) mass is 449 g/mol. The standard InChI is InChI=1S/C21H18F3N3O3S/c1-14-6-12-17(13-7-14)31(29,30)27-26-20(28)18-4-2-3-5-19(18)25-16-10-8-15(9-11-16)21(22,23)24/h2-13,25,27H,1H3,(H,26,28). The lowest BCUT2D eigenvalue weighted by atomic mass is 10.1. The Morgan fingerprint density at radius 3 is 2.10 bits per heavy atom. The van der Waals surface area contributed by atoms with Crippen LogP contribution in [0.3, 0.4) is 0 Å². The third-order valence-electron chi connectivity index (χ3n) is 4.29. The largest absolute Gasteiger partial charge is 0.416 e. The Balaban J connectivity index is 1.73. The summed E-state index contributed by atoms with van der Waals surface area (Å²) >= 11 is 0. The van der Waals surface area contributed by atoms with Crippen LogP contribution in [-0.2, 0) is 16.2 Å². The maximum absolute atomic E-state index is 12.7. The third kappa shape index (κ3) is 5.62. The zero-order valence-corrected chi connectivity index (χ0v) is 17.0. The van der Waals surface area contributed by atoms with Gasteiger partial charge in [0.2, 0.25) is 0 Å². The molecule has 0 unspecified atom stereocenters. The first-order chi connectivity index (χ1) is 14.6. The molecule has 10 heteroatoms. The van der Waals surface area contributed by atoms with Crippen molar-refractivity contribution >= 4 is 27.3 Å². The average molecular weight is 449 g/mol. The highest BCUT2D eigenvalue weighted by Crippen LogP contribution is 2.30. The number of carbonyl (C=O) groups excluding carboxylic acids is 1. The summed E-state index contributed by atoms with van der Waals surface area (Å²) in [6.07, 6.45) is -4.45. The van der Waals surface area contributed by atoms with Gasteiger partial charge in [-0.25, -0.2) is 8.42 Å². The van der Waals surface area contributed by atoms with E-state index in [2.05, 4.69) is 10.7 Å². The number of amides is 1. The summed E-state index contributed by atoms with van der Waals surface area (Å²) in [6, 6.07) is 16.5. The molecule has 0 aliphatic rings. The number of carbonyl (C=O) groups is 1. The fourth-order valence-corrected chi connectivity index (χ4v) is 3.48. The molecule has 3 rings (SSSR count). The van der Waals surface area contributed by atoms with Gasteiger partial charge in [0.25, 0.3) is 15.9 Å². The van der Waals surface area contributed by atoms with E-state index in [0.29, 0.717) is 5.69 Å². The minimum atomic E-state index is -4.45. The molecule has 0 bridgehead atoms. The van der Waals surface area contributed by atoms with Crippen molar-refractivity contribution in [1.82, 2.24) is 10.3 Å². The third-order valence-corrected chi connectivity index (χ3v) is 5.56. The van der Waals surface area contributed by atoms with Gasteiger partial charge in [-0.1, -0.05) is 29.8 Å². The van der Waals surface area contributed by atoms with E-state index in [1.807, 2.05) is 11.8 Å². The number of para-hydroxylation sites is 1. The number of hydrogen-bond acceptors (Lipinski definition) is 4. The van der Waals surface area contributed by atoms with Gasteiger partial charge >= 0.3 is 6.18 Å². The Labute approximate surface area is 177 Å². The summed E-state index contributed by atoms with van der Waals surface area (Å²) in [6.45, 7) is 1.81. The van der Waals surface area contributed by atoms with Crippen LogP contribution >= 0.6 is 0 Å². The zero-order chi connectivity index (χ0) is 22.6. The van der Waals surface area contributed by atoms with Gasteiger partial charge < -0.3 is 5.32 Å². The molecule has 3 N–H and O–H groups in total. The number of alkyl halides is 3. The summed E-state index contributed by atoms with van der Waals surface area (Å²) in [7, 11) is -3.98. The lowest BCUT2D eigenvalue weighted by Gasteiger charge is -2.14. The van der Waals surface area contributed by atoms with Gasteiger partial charge in [0.15, 0.2) is 0 Å². The van der Waals surface area contributed by atoms with Gasteiger partial charge in [-0.15, -0.1) is 4.83 Å². The van der Waals surface area contributed by atoms with Crippen LogP contribution in [0.2, 0.25) is 0 Å². The zero-order valence-electron chi connectivity index (χ0n) is 16.2. The first-order valence-electron chi connectivity index (χ1n) is 8.98. The molecule has 0 aliphatic heterocycles. The predicted molar refractivity (Wildman–Crippen MR) is 110 cm³/mol. The molecule has 0 atom stereocenters. The molecule has 31 heavy (non-hydrogen) atoms. The van der Waals surface area contributed by atoms with E-state index in [-0.39, 0.29) is 16.1 Å². The molecule has 0 saturated heterocycles. The first kappa shape index (κ1) is 22.3. The molecule has 0 aromatic heterocycles. The fourth-order valence-electron chi connectivity index (χ4n) is 2.65. The number of sulfonamides is 1. The van der Waals surface area contributed by atoms with Crippen molar-refractivity contribution in [2.45, 2.75) is 18.0 Å². The van der Waals surface area contributed by atoms with Crippen molar-refractivity contribution in [3.05, 3.63) is 89.5 Å². The number of aryl methyl sites for hydroxylation is 1. The second-order valence-corrected chi connectivity index (χ2v) is 8.30. The maximum atomic E-state index is 12.7. The summed E-state index contributed by atoms with van der Waals surface area (Å²) in [5.41, 5.74) is 2.93. The van der Waals surface area contributed by atoms with Crippen molar-refractivity contribution in [1.29, 1.82) is 0 Å². The quantitative estimate of drug-likeness (QED) is 0.488. The number of benzene rings is 3. The van der Waals surface area contributed by atoms with E-state index in [1.165, 1.54) is 30.3 Å². The van der Waals surface area contributed by atoms with E-state index in [4.69, 9.17) is 0 Å². The molecule has 162 valence electrons. The minimum Gasteiger partial charge on any atom is -0.355 e. The number of nitrogens with one attached hydrogen (secondary N) is 3. The van der Waals surface area contributed by atoms with Crippen LogP contribution in [0.25, 0.3) is 0 Å². The van der Waals surface area contributed by atoms with Crippen LogP contribution in [0, 0.1) is 6.92 Å². The van der Waals surface area contributed by atoms with Crippen molar-refractivity contribution in [2.24, 2.45) is 0 Å². The first-order valence-corrected chi connectivity index (χ1v) is 10.5. The normalized spacial score (nSPS) is 11.7. The molecule has 3 aromatic rings. The van der Waals surface area contributed by atoms with Crippen LogP contribution in [0.5, 0.6) is 0 Å². The average Bonchev–Trinajstić information content (AvgIpc) is 2.72. The number of anilines is 2. The molecule has 0 aliphatic carbocycles. The van der Waals surface area contributed by atoms with Crippen molar-refractivity contribution in [2.75, 3.05) is 5.32 Å². The SMILES string of the molecule is Cc1ccc(S(=O)(=O)NNC(=O)c2ccccc2Nc2ccc(C(F)(F)F)cc2)cc1. The lowest BCUT2D eigenvalue weighted by molar-refractivity contribution is -0.137. The van der Waals surface area contributed by atoms with E-state index < -0.39 is 27.7 Å². The lowest BCUT2D eigenvalue weighted by Crippen LogP contribution is -2.41. The van der Waals surface area contributed by atoms with Crippen LogP contribution in [-0.4, -0.2) is 14.3 Å². The molecule has 0 spiro atoms. The summed E-state index contributed by atoms with van der Waals surface area (Å²) in [5.74, 6) is -0.745. The molecular weight excluding hydrogens is 431 g/mol. The maximum Gasteiger partial charge on any atom is 0.416 e. The Kier molecular flexibility index (Phi) is 6.32. The predicted octanol–water partition coefficient (Wildman–Crippen LogP) is 4.38. The molecule has 3 aromatic carbocycles. The van der Waals surface area contributed by atoms with E-state index in [9.17, 15) is 26.4 Å². The van der Waals surface area contributed by atoms with Crippen molar-refractivity contribution < 1.29 is 26.4 Å². The van der Waals surface area contributed by atoms with Gasteiger partial charge in [0.05, 0.1) is 21.7 Å². The second-order valence-electron chi connectivity index (χ2n) is 6.62. The summed E-state index contributed by atoms with van der Waals surface area (Å²) < 4.78 is 62.8. The van der Waals surface area contributed by atoms with Gasteiger partial charge in [-0.3, -0.25) is 10.2 Å². The number of rotatable bonds is 6. The molecule has 1 amide bonds. The highest BCUT2D eigenvalue weighted by Gasteiger charge is 2.30. The summed E-state index contributed by atoms with van der Waals surface area (Å²) in [4.78, 5) is 14.6. The molecular formula is C21H18F3N3O3S. The molecule has 6 nitrogen and oxygen atoms in total.